The number of nitrogens with zero attached hydrogens (tertiary/aromatic N) is 3. The van der Waals surface area contributed by atoms with E-state index in [9.17, 15) is 14.9 Å². The van der Waals surface area contributed by atoms with Crippen LogP contribution >= 0.6 is 0 Å². The van der Waals surface area contributed by atoms with Gasteiger partial charge in [-0.15, -0.1) is 0 Å². The molecule has 0 spiro atoms. The summed E-state index contributed by atoms with van der Waals surface area (Å²) >= 11 is 0. The Morgan fingerprint density at radius 1 is 1.15 bits per heavy atom. The topological polar surface area (TPSA) is 88.0 Å². The van der Waals surface area contributed by atoms with Crippen LogP contribution in [0.2, 0.25) is 0 Å². The summed E-state index contributed by atoms with van der Waals surface area (Å²) in [6.07, 6.45) is 0. The van der Waals surface area contributed by atoms with Crippen LogP contribution in [0.15, 0.2) is 48.5 Å². The molecule has 27 heavy (non-hydrogen) atoms. The van der Waals surface area contributed by atoms with Gasteiger partial charge in [0, 0.05) is 55.8 Å². The summed E-state index contributed by atoms with van der Waals surface area (Å²) in [5, 5.41) is 13.4. The molecule has 1 saturated heterocycles. The van der Waals surface area contributed by atoms with E-state index < -0.39 is 4.92 Å². The van der Waals surface area contributed by atoms with Crippen molar-refractivity contribution in [3.05, 3.63) is 58.6 Å². The fourth-order valence-electron chi connectivity index (χ4n) is 3.04. The molecule has 8 nitrogen and oxygen atoms in total. The Balaban J connectivity index is 1.48. The molecule has 1 aliphatic heterocycles. The van der Waals surface area contributed by atoms with Crippen LogP contribution in [-0.4, -0.2) is 55.6 Å². The van der Waals surface area contributed by atoms with Crippen molar-refractivity contribution in [3.8, 4) is 5.75 Å². The van der Waals surface area contributed by atoms with Crippen molar-refractivity contribution in [2.45, 2.75) is 0 Å². The molecule has 3 rings (SSSR count). The average Bonchev–Trinajstić information content (AvgIpc) is 2.69. The largest absolute Gasteiger partial charge is 0.497 e. The second-order valence-electron chi connectivity index (χ2n) is 6.32. The van der Waals surface area contributed by atoms with Crippen LogP contribution < -0.4 is 15.0 Å². The van der Waals surface area contributed by atoms with Crippen LogP contribution in [0.3, 0.4) is 0 Å². The number of carbonyl (C=O) groups is 1. The van der Waals surface area contributed by atoms with Crippen molar-refractivity contribution in [2.75, 3.05) is 50.1 Å². The Hall–Kier alpha value is -3.13. The van der Waals surface area contributed by atoms with Gasteiger partial charge in [0.1, 0.15) is 5.75 Å². The molecule has 0 aliphatic carbocycles. The summed E-state index contributed by atoms with van der Waals surface area (Å²) in [5.41, 5.74) is 1.67. The van der Waals surface area contributed by atoms with Crippen molar-refractivity contribution < 1.29 is 14.5 Å². The summed E-state index contributed by atoms with van der Waals surface area (Å²) in [6, 6.07) is 13.8. The van der Waals surface area contributed by atoms with Crippen LogP contribution in [0.25, 0.3) is 0 Å². The van der Waals surface area contributed by atoms with Gasteiger partial charge in [0.2, 0.25) is 5.91 Å². The van der Waals surface area contributed by atoms with E-state index in [2.05, 4.69) is 21.2 Å². The zero-order valence-electron chi connectivity index (χ0n) is 15.1. The SMILES string of the molecule is COc1cccc(N2CCN(CC(=O)Nc3ccc([N+](=O)[O-])cc3)CC2)c1. The van der Waals surface area contributed by atoms with E-state index in [0.29, 0.717) is 12.2 Å². The molecule has 1 N–H and O–H groups in total. The van der Waals surface area contributed by atoms with Crippen LogP contribution in [0, 0.1) is 10.1 Å². The van der Waals surface area contributed by atoms with Gasteiger partial charge in [-0.05, 0) is 24.3 Å². The van der Waals surface area contributed by atoms with Crippen LogP contribution in [0.4, 0.5) is 17.1 Å². The third-order valence-electron chi connectivity index (χ3n) is 4.52. The number of nitrogens with one attached hydrogen (secondary N) is 1. The Bertz CT molecular complexity index is 802. The number of anilines is 2. The Morgan fingerprint density at radius 3 is 2.48 bits per heavy atom. The number of ether oxygens (including phenoxy) is 1. The van der Waals surface area contributed by atoms with Crippen molar-refractivity contribution in [3.63, 3.8) is 0 Å². The fraction of sp³-hybridized carbons (Fsp3) is 0.316. The molecule has 1 heterocycles. The lowest BCUT2D eigenvalue weighted by atomic mass is 10.2. The molecule has 1 fully saturated rings. The van der Waals surface area contributed by atoms with Crippen LogP contribution in [-0.2, 0) is 4.79 Å². The van der Waals surface area contributed by atoms with E-state index in [4.69, 9.17) is 4.74 Å². The predicted molar refractivity (Wildman–Crippen MR) is 103 cm³/mol. The highest BCUT2D eigenvalue weighted by molar-refractivity contribution is 5.92. The number of amides is 1. The molecule has 142 valence electrons. The van der Waals surface area contributed by atoms with E-state index in [1.54, 1.807) is 7.11 Å². The number of carbonyl (C=O) groups excluding carboxylic acids is 1. The van der Waals surface area contributed by atoms with Gasteiger partial charge >= 0.3 is 0 Å². The third-order valence-corrected chi connectivity index (χ3v) is 4.52. The summed E-state index contributed by atoms with van der Waals surface area (Å²) in [6.45, 7) is 3.52. The first kappa shape index (κ1) is 18.7. The lowest BCUT2D eigenvalue weighted by Gasteiger charge is -2.35. The summed E-state index contributed by atoms with van der Waals surface area (Å²) in [7, 11) is 1.65. The van der Waals surface area contributed by atoms with Crippen molar-refractivity contribution in [2.24, 2.45) is 0 Å². The van der Waals surface area contributed by atoms with E-state index in [1.807, 2.05) is 18.2 Å². The molecular formula is C19H22N4O4. The van der Waals surface area contributed by atoms with Gasteiger partial charge in [-0.2, -0.15) is 0 Å². The number of methoxy groups -OCH3 is 1. The highest BCUT2D eigenvalue weighted by Crippen LogP contribution is 2.22. The summed E-state index contributed by atoms with van der Waals surface area (Å²) < 4.78 is 5.27. The summed E-state index contributed by atoms with van der Waals surface area (Å²) in [5.74, 6) is 0.705. The second-order valence-corrected chi connectivity index (χ2v) is 6.32. The zero-order chi connectivity index (χ0) is 19.2. The molecule has 8 heteroatoms. The number of rotatable bonds is 6. The molecule has 0 aromatic heterocycles. The monoisotopic (exact) mass is 370 g/mol. The highest BCUT2D eigenvalue weighted by atomic mass is 16.6. The van der Waals surface area contributed by atoms with Gasteiger partial charge in [-0.3, -0.25) is 19.8 Å². The number of piperazine rings is 1. The van der Waals surface area contributed by atoms with Crippen molar-refractivity contribution >= 4 is 23.0 Å². The molecule has 1 aliphatic rings. The van der Waals surface area contributed by atoms with Gasteiger partial charge < -0.3 is 15.0 Å². The number of hydrogen-bond acceptors (Lipinski definition) is 6. The number of nitro benzene ring substituents is 1. The lowest BCUT2D eigenvalue weighted by Crippen LogP contribution is -2.48. The Labute approximate surface area is 157 Å². The second kappa shape index (κ2) is 8.50. The summed E-state index contributed by atoms with van der Waals surface area (Å²) in [4.78, 5) is 26.8. The molecule has 0 saturated carbocycles. The fourth-order valence-corrected chi connectivity index (χ4v) is 3.04. The lowest BCUT2D eigenvalue weighted by molar-refractivity contribution is -0.384. The van der Waals surface area contributed by atoms with Gasteiger partial charge in [-0.1, -0.05) is 6.07 Å². The molecule has 0 bridgehead atoms. The van der Waals surface area contributed by atoms with Crippen LogP contribution in [0.5, 0.6) is 5.75 Å². The highest BCUT2D eigenvalue weighted by Gasteiger charge is 2.19. The minimum atomic E-state index is -0.465. The maximum Gasteiger partial charge on any atom is 0.269 e. The van der Waals surface area contributed by atoms with Crippen molar-refractivity contribution in [1.29, 1.82) is 0 Å². The number of non-ortho nitro benzene ring substituents is 1. The molecule has 2 aromatic rings. The molecule has 0 radical (unpaired) electrons. The minimum Gasteiger partial charge on any atom is -0.497 e. The number of hydrogen-bond donors (Lipinski definition) is 1. The molecule has 0 unspecified atom stereocenters. The predicted octanol–water partition coefficient (Wildman–Crippen LogP) is 2.36. The average molecular weight is 370 g/mol. The van der Waals surface area contributed by atoms with E-state index >= 15 is 0 Å². The minimum absolute atomic E-state index is 0.00154. The molecule has 2 aromatic carbocycles. The van der Waals surface area contributed by atoms with Crippen LogP contribution in [0.1, 0.15) is 0 Å². The quantitative estimate of drug-likeness (QED) is 0.620. The molecular weight excluding hydrogens is 348 g/mol. The number of benzene rings is 2. The van der Waals surface area contributed by atoms with E-state index in [0.717, 1.165) is 37.6 Å². The van der Waals surface area contributed by atoms with E-state index in [-0.39, 0.29) is 11.6 Å². The van der Waals surface area contributed by atoms with Gasteiger partial charge in [0.15, 0.2) is 0 Å². The first-order valence-corrected chi connectivity index (χ1v) is 8.71. The van der Waals surface area contributed by atoms with E-state index in [1.165, 1.54) is 24.3 Å². The Kier molecular flexibility index (Phi) is 5.87. The first-order chi connectivity index (χ1) is 13.0. The van der Waals surface area contributed by atoms with Gasteiger partial charge in [-0.25, -0.2) is 0 Å². The van der Waals surface area contributed by atoms with Crippen molar-refractivity contribution in [1.82, 2.24) is 4.90 Å². The maximum absolute atomic E-state index is 12.2. The third kappa shape index (κ3) is 4.95. The van der Waals surface area contributed by atoms with Gasteiger partial charge in [0.05, 0.1) is 18.6 Å². The molecule has 0 atom stereocenters. The number of nitro groups is 1. The normalized spacial score (nSPS) is 14.6. The smallest absolute Gasteiger partial charge is 0.269 e. The Morgan fingerprint density at radius 2 is 1.85 bits per heavy atom. The van der Waals surface area contributed by atoms with Gasteiger partial charge in [0.25, 0.3) is 5.69 Å². The molecule has 1 amide bonds. The maximum atomic E-state index is 12.2. The zero-order valence-corrected chi connectivity index (χ0v) is 15.1. The standard InChI is InChI=1S/C19H22N4O4/c1-27-18-4-2-3-17(13-18)22-11-9-21(10-12-22)14-19(24)20-15-5-7-16(8-6-15)23(25)26/h2-8,13H,9-12,14H2,1H3,(H,20,24). The first-order valence-electron chi connectivity index (χ1n) is 8.71.